The fourth-order valence-electron chi connectivity index (χ4n) is 1.26. The number of rotatable bonds is 5. The quantitative estimate of drug-likeness (QED) is 0.727. The van der Waals surface area contributed by atoms with E-state index in [1.165, 1.54) is 0 Å². The molecular weight excluding hydrogens is 176 g/mol. The van der Waals surface area contributed by atoms with Crippen LogP contribution < -0.4 is 4.74 Å². The van der Waals surface area contributed by atoms with E-state index in [9.17, 15) is 5.11 Å². The van der Waals surface area contributed by atoms with E-state index in [1.807, 2.05) is 31.2 Å². The average molecular weight is 192 g/mol. The minimum absolute atomic E-state index is 0.448. The Labute approximate surface area is 84.8 Å². The molecule has 1 aromatic rings. The summed E-state index contributed by atoms with van der Waals surface area (Å²) < 4.78 is 5.43. The molecule has 0 heterocycles. The summed E-state index contributed by atoms with van der Waals surface area (Å²) >= 11 is 0. The monoisotopic (exact) mass is 192 g/mol. The number of aliphatic hydroxyl groups excluding tert-OH is 1. The Morgan fingerprint density at radius 1 is 1.50 bits per heavy atom. The van der Waals surface area contributed by atoms with Crippen molar-refractivity contribution in [1.29, 1.82) is 0 Å². The SMILES string of the molecule is C=CCOc1ccccc1[C@@H](O)CC. The molecule has 0 amide bonds. The topological polar surface area (TPSA) is 29.5 Å². The second kappa shape index (κ2) is 5.45. The molecule has 0 unspecified atom stereocenters. The highest BCUT2D eigenvalue weighted by atomic mass is 16.5. The highest BCUT2D eigenvalue weighted by molar-refractivity contribution is 5.35. The van der Waals surface area contributed by atoms with E-state index in [0.29, 0.717) is 13.0 Å². The highest BCUT2D eigenvalue weighted by Gasteiger charge is 2.09. The fourth-order valence-corrected chi connectivity index (χ4v) is 1.26. The summed E-state index contributed by atoms with van der Waals surface area (Å²) in [5.74, 6) is 0.738. The van der Waals surface area contributed by atoms with E-state index in [-0.39, 0.29) is 0 Å². The number of ether oxygens (including phenoxy) is 1. The van der Waals surface area contributed by atoms with Crippen molar-refractivity contribution < 1.29 is 9.84 Å². The average Bonchev–Trinajstić information content (AvgIpc) is 2.25. The van der Waals surface area contributed by atoms with E-state index in [0.717, 1.165) is 11.3 Å². The Kier molecular flexibility index (Phi) is 4.20. The molecule has 2 nitrogen and oxygen atoms in total. The van der Waals surface area contributed by atoms with Crippen molar-refractivity contribution in [2.75, 3.05) is 6.61 Å². The molecule has 1 rings (SSSR count). The highest BCUT2D eigenvalue weighted by Crippen LogP contribution is 2.26. The van der Waals surface area contributed by atoms with Crippen LogP contribution in [0, 0.1) is 0 Å². The number of aliphatic hydroxyl groups is 1. The van der Waals surface area contributed by atoms with Crippen molar-refractivity contribution in [2.45, 2.75) is 19.4 Å². The third-order valence-electron chi connectivity index (χ3n) is 2.02. The van der Waals surface area contributed by atoms with Crippen molar-refractivity contribution in [3.05, 3.63) is 42.5 Å². The van der Waals surface area contributed by atoms with E-state index in [2.05, 4.69) is 6.58 Å². The Balaban J connectivity index is 2.84. The predicted octanol–water partition coefficient (Wildman–Crippen LogP) is 2.69. The molecule has 1 N–H and O–H groups in total. The lowest BCUT2D eigenvalue weighted by molar-refractivity contribution is 0.168. The first-order chi connectivity index (χ1) is 6.79. The van der Waals surface area contributed by atoms with Gasteiger partial charge >= 0.3 is 0 Å². The molecule has 1 aromatic carbocycles. The molecular formula is C12H16O2. The van der Waals surface area contributed by atoms with Gasteiger partial charge < -0.3 is 9.84 Å². The van der Waals surface area contributed by atoms with Gasteiger partial charge in [0, 0.05) is 5.56 Å². The Hall–Kier alpha value is -1.28. The Morgan fingerprint density at radius 3 is 2.86 bits per heavy atom. The lowest BCUT2D eigenvalue weighted by Crippen LogP contribution is -2.01. The van der Waals surface area contributed by atoms with Crippen LogP contribution in [0.15, 0.2) is 36.9 Å². The van der Waals surface area contributed by atoms with Crippen LogP contribution in [0.25, 0.3) is 0 Å². The van der Waals surface area contributed by atoms with Crippen LogP contribution in [0.2, 0.25) is 0 Å². The molecule has 1 atom stereocenters. The van der Waals surface area contributed by atoms with Crippen LogP contribution >= 0.6 is 0 Å². The van der Waals surface area contributed by atoms with Gasteiger partial charge in [0.05, 0.1) is 6.10 Å². The first-order valence-corrected chi connectivity index (χ1v) is 4.80. The summed E-state index contributed by atoms with van der Waals surface area (Å²) in [5, 5.41) is 9.70. The number of para-hydroxylation sites is 1. The number of hydrogen-bond acceptors (Lipinski definition) is 2. The zero-order valence-corrected chi connectivity index (χ0v) is 8.44. The molecule has 0 radical (unpaired) electrons. The molecule has 14 heavy (non-hydrogen) atoms. The number of hydrogen-bond donors (Lipinski definition) is 1. The van der Waals surface area contributed by atoms with E-state index in [1.54, 1.807) is 6.08 Å². The van der Waals surface area contributed by atoms with Crippen LogP contribution in [-0.2, 0) is 0 Å². The van der Waals surface area contributed by atoms with Gasteiger partial charge in [-0.15, -0.1) is 0 Å². The van der Waals surface area contributed by atoms with Gasteiger partial charge in [0.15, 0.2) is 0 Å². The standard InChI is InChI=1S/C12H16O2/c1-3-9-14-12-8-6-5-7-10(12)11(13)4-2/h3,5-8,11,13H,1,4,9H2,2H3/t11-/m0/s1. The smallest absolute Gasteiger partial charge is 0.125 e. The van der Waals surface area contributed by atoms with E-state index >= 15 is 0 Å². The molecule has 0 aliphatic heterocycles. The van der Waals surface area contributed by atoms with Gasteiger partial charge in [-0.3, -0.25) is 0 Å². The minimum Gasteiger partial charge on any atom is -0.489 e. The minimum atomic E-state index is -0.448. The fraction of sp³-hybridized carbons (Fsp3) is 0.333. The maximum atomic E-state index is 9.70. The summed E-state index contributed by atoms with van der Waals surface area (Å²) in [6.45, 7) is 5.99. The molecule has 0 aliphatic carbocycles. The predicted molar refractivity (Wildman–Crippen MR) is 57.4 cm³/mol. The summed E-state index contributed by atoms with van der Waals surface area (Å²) in [5.41, 5.74) is 0.844. The second-order valence-electron chi connectivity index (χ2n) is 3.06. The second-order valence-corrected chi connectivity index (χ2v) is 3.06. The Morgan fingerprint density at radius 2 is 2.21 bits per heavy atom. The molecule has 0 fully saturated rings. The lowest BCUT2D eigenvalue weighted by Gasteiger charge is -2.13. The number of benzene rings is 1. The van der Waals surface area contributed by atoms with Gasteiger partial charge in [0.1, 0.15) is 12.4 Å². The van der Waals surface area contributed by atoms with Crippen molar-refractivity contribution in [3.63, 3.8) is 0 Å². The van der Waals surface area contributed by atoms with Crippen LogP contribution in [-0.4, -0.2) is 11.7 Å². The molecule has 0 saturated heterocycles. The van der Waals surface area contributed by atoms with Crippen LogP contribution in [0.4, 0.5) is 0 Å². The van der Waals surface area contributed by atoms with Crippen molar-refractivity contribution in [3.8, 4) is 5.75 Å². The van der Waals surface area contributed by atoms with E-state index < -0.39 is 6.10 Å². The summed E-state index contributed by atoms with van der Waals surface area (Å²) in [6, 6.07) is 7.53. The zero-order valence-electron chi connectivity index (χ0n) is 8.44. The largest absolute Gasteiger partial charge is 0.489 e. The zero-order chi connectivity index (χ0) is 10.4. The third-order valence-corrected chi connectivity index (χ3v) is 2.02. The Bertz CT molecular complexity index is 294. The molecule has 76 valence electrons. The molecule has 0 aromatic heterocycles. The molecule has 0 spiro atoms. The van der Waals surface area contributed by atoms with E-state index in [4.69, 9.17) is 4.74 Å². The maximum absolute atomic E-state index is 9.70. The van der Waals surface area contributed by atoms with Gasteiger partial charge in [0.2, 0.25) is 0 Å². The molecule has 0 aliphatic rings. The van der Waals surface area contributed by atoms with Crippen LogP contribution in [0.5, 0.6) is 5.75 Å². The van der Waals surface area contributed by atoms with Crippen LogP contribution in [0.3, 0.4) is 0 Å². The van der Waals surface area contributed by atoms with Crippen LogP contribution in [0.1, 0.15) is 25.0 Å². The van der Waals surface area contributed by atoms with Crippen molar-refractivity contribution in [1.82, 2.24) is 0 Å². The molecule has 0 saturated carbocycles. The summed E-state index contributed by atoms with van der Waals surface area (Å²) in [6.07, 6.45) is 1.93. The lowest BCUT2D eigenvalue weighted by atomic mass is 10.1. The normalized spacial score (nSPS) is 12.1. The summed E-state index contributed by atoms with van der Waals surface area (Å²) in [7, 11) is 0. The van der Waals surface area contributed by atoms with Gasteiger partial charge in [-0.2, -0.15) is 0 Å². The van der Waals surface area contributed by atoms with Crippen molar-refractivity contribution >= 4 is 0 Å². The third kappa shape index (κ3) is 2.60. The van der Waals surface area contributed by atoms with Crippen molar-refractivity contribution in [2.24, 2.45) is 0 Å². The molecule has 2 heteroatoms. The first-order valence-electron chi connectivity index (χ1n) is 4.80. The first kappa shape index (κ1) is 10.8. The maximum Gasteiger partial charge on any atom is 0.125 e. The van der Waals surface area contributed by atoms with Gasteiger partial charge in [-0.1, -0.05) is 37.8 Å². The van der Waals surface area contributed by atoms with Gasteiger partial charge in [-0.25, -0.2) is 0 Å². The summed E-state index contributed by atoms with van der Waals surface area (Å²) in [4.78, 5) is 0. The van der Waals surface area contributed by atoms with Gasteiger partial charge in [0.25, 0.3) is 0 Å². The molecule has 0 bridgehead atoms. The van der Waals surface area contributed by atoms with Gasteiger partial charge in [-0.05, 0) is 12.5 Å².